The molecule has 108 valence electrons. The molecule has 3 nitrogen and oxygen atoms in total. The van der Waals surface area contributed by atoms with Crippen molar-refractivity contribution in [3.05, 3.63) is 24.3 Å². The topological polar surface area (TPSA) is 35.5 Å². The summed E-state index contributed by atoms with van der Waals surface area (Å²) in [6.07, 6.45) is 8.45. The molecule has 1 aliphatic rings. The Bertz CT molecular complexity index is 331. The second kappa shape index (κ2) is 8.28. The van der Waals surface area contributed by atoms with Crippen LogP contribution in [0.15, 0.2) is 24.3 Å². The summed E-state index contributed by atoms with van der Waals surface area (Å²) in [4.78, 5) is 12.0. The molecule has 0 fully saturated rings. The molecule has 0 heterocycles. The molecule has 1 aliphatic carbocycles. The molecule has 0 aliphatic heterocycles. The molecule has 0 bridgehead atoms. The highest BCUT2D eigenvalue weighted by Gasteiger charge is 2.27. The Balaban J connectivity index is 2.58. The lowest BCUT2D eigenvalue weighted by atomic mass is 9.82. The number of ketones is 1. The quantitative estimate of drug-likeness (QED) is 0.523. The molecule has 0 amide bonds. The predicted octanol–water partition coefficient (Wildman–Crippen LogP) is 3.36. The van der Waals surface area contributed by atoms with Gasteiger partial charge in [0.2, 0.25) is 0 Å². The maximum atomic E-state index is 12.0. The maximum absolute atomic E-state index is 12.0. The first kappa shape index (κ1) is 16.1. The fourth-order valence-electron chi connectivity index (χ4n) is 2.16. The molecule has 3 atom stereocenters. The number of hydrogen-bond acceptors (Lipinski definition) is 3. The van der Waals surface area contributed by atoms with Crippen LogP contribution in [-0.2, 0) is 14.3 Å². The highest BCUT2D eigenvalue weighted by Crippen LogP contribution is 2.25. The third kappa shape index (κ3) is 5.70. The fourth-order valence-corrected chi connectivity index (χ4v) is 2.16. The summed E-state index contributed by atoms with van der Waals surface area (Å²) in [5.74, 6) is 0.806. The maximum Gasteiger partial charge on any atom is 0.162 e. The van der Waals surface area contributed by atoms with Crippen molar-refractivity contribution in [2.75, 3.05) is 13.2 Å². The van der Waals surface area contributed by atoms with E-state index in [9.17, 15) is 4.79 Å². The Morgan fingerprint density at radius 3 is 2.74 bits per heavy atom. The van der Waals surface area contributed by atoms with Crippen molar-refractivity contribution in [2.45, 2.75) is 40.4 Å². The van der Waals surface area contributed by atoms with Gasteiger partial charge in [-0.2, -0.15) is 0 Å². The zero-order chi connectivity index (χ0) is 14.3. The van der Waals surface area contributed by atoms with Crippen LogP contribution in [0.3, 0.4) is 0 Å². The summed E-state index contributed by atoms with van der Waals surface area (Å²) < 4.78 is 11.0. The highest BCUT2D eigenvalue weighted by atomic mass is 16.7. The molecular weight excluding hydrogens is 240 g/mol. The van der Waals surface area contributed by atoms with Gasteiger partial charge in [0.25, 0.3) is 0 Å². The number of carbonyl (C=O) groups excluding carboxylic acids is 1. The molecule has 0 spiro atoms. The second-order valence-corrected chi connectivity index (χ2v) is 5.31. The van der Waals surface area contributed by atoms with E-state index >= 15 is 0 Å². The summed E-state index contributed by atoms with van der Waals surface area (Å²) in [6, 6.07) is 0. The summed E-state index contributed by atoms with van der Waals surface area (Å²) >= 11 is 0. The lowest BCUT2D eigenvalue weighted by Crippen LogP contribution is -2.29. The van der Waals surface area contributed by atoms with Crippen LogP contribution in [0.25, 0.3) is 0 Å². The standard InChI is InChI=1S/C16H26O3/c1-5-18-13(4)19-11-14-7-6-8-16(17)15(14)10-9-12(2)3/h6,8-10,12-15H,5,7,11H2,1-4H3/b10-9-/t13?,14-,15+/m1/s1. The van der Waals surface area contributed by atoms with Crippen molar-refractivity contribution in [3.63, 3.8) is 0 Å². The number of ether oxygens (including phenoxy) is 2. The number of carbonyl (C=O) groups is 1. The van der Waals surface area contributed by atoms with E-state index in [1.54, 1.807) is 6.08 Å². The van der Waals surface area contributed by atoms with Crippen molar-refractivity contribution >= 4 is 5.78 Å². The average Bonchev–Trinajstić information content (AvgIpc) is 2.35. The lowest BCUT2D eigenvalue weighted by molar-refractivity contribution is -0.141. The van der Waals surface area contributed by atoms with E-state index in [0.717, 1.165) is 6.42 Å². The zero-order valence-corrected chi connectivity index (χ0v) is 12.5. The van der Waals surface area contributed by atoms with Gasteiger partial charge in [-0.25, -0.2) is 0 Å². The lowest BCUT2D eigenvalue weighted by Gasteiger charge is -2.26. The first-order valence-electron chi connectivity index (χ1n) is 7.16. The average molecular weight is 266 g/mol. The summed E-state index contributed by atoms with van der Waals surface area (Å²) in [5, 5.41) is 0. The van der Waals surface area contributed by atoms with Crippen molar-refractivity contribution in [1.82, 2.24) is 0 Å². The Morgan fingerprint density at radius 2 is 2.11 bits per heavy atom. The molecule has 19 heavy (non-hydrogen) atoms. The molecule has 0 saturated heterocycles. The number of hydrogen-bond donors (Lipinski definition) is 0. The van der Waals surface area contributed by atoms with Gasteiger partial charge in [-0.3, -0.25) is 4.79 Å². The third-order valence-electron chi connectivity index (χ3n) is 3.21. The minimum Gasteiger partial charge on any atom is -0.353 e. The van der Waals surface area contributed by atoms with Gasteiger partial charge in [0.15, 0.2) is 12.1 Å². The van der Waals surface area contributed by atoms with Crippen LogP contribution in [0, 0.1) is 17.8 Å². The first-order chi connectivity index (χ1) is 9.04. The van der Waals surface area contributed by atoms with Gasteiger partial charge < -0.3 is 9.47 Å². The van der Waals surface area contributed by atoms with Crippen LogP contribution < -0.4 is 0 Å². The van der Waals surface area contributed by atoms with Crippen LogP contribution in [0.5, 0.6) is 0 Å². The molecule has 0 radical (unpaired) electrons. The van der Waals surface area contributed by atoms with E-state index in [0.29, 0.717) is 19.1 Å². The molecule has 1 rings (SSSR count). The molecule has 1 unspecified atom stereocenters. The van der Waals surface area contributed by atoms with Gasteiger partial charge in [0, 0.05) is 12.5 Å². The Morgan fingerprint density at radius 1 is 1.37 bits per heavy atom. The summed E-state index contributed by atoms with van der Waals surface area (Å²) in [6.45, 7) is 9.26. The van der Waals surface area contributed by atoms with Gasteiger partial charge in [-0.1, -0.05) is 32.1 Å². The first-order valence-corrected chi connectivity index (χ1v) is 7.16. The second-order valence-electron chi connectivity index (χ2n) is 5.31. The van der Waals surface area contributed by atoms with Crippen molar-refractivity contribution < 1.29 is 14.3 Å². The monoisotopic (exact) mass is 266 g/mol. The molecule has 0 aromatic heterocycles. The summed E-state index contributed by atoms with van der Waals surface area (Å²) in [7, 11) is 0. The Labute approximate surface area is 116 Å². The van der Waals surface area contributed by atoms with E-state index in [-0.39, 0.29) is 23.9 Å². The van der Waals surface area contributed by atoms with Gasteiger partial charge >= 0.3 is 0 Å². The Hall–Kier alpha value is -0.930. The van der Waals surface area contributed by atoms with E-state index in [4.69, 9.17) is 9.47 Å². The predicted molar refractivity (Wildman–Crippen MR) is 76.8 cm³/mol. The van der Waals surface area contributed by atoms with E-state index < -0.39 is 0 Å². The van der Waals surface area contributed by atoms with Crippen LogP contribution in [0.4, 0.5) is 0 Å². The highest BCUT2D eigenvalue weighted by molar-refractivity contribution is 5.94. The molecule has 3 heteroatoms. The smallest absolute Gasteiger partial charge is 0.162 e. The van der Waals surface area contributed by atoms with Gasteiger partial charge in [0.05, 0.1) is 6.61 Å². The van der Waals surface area contributed by atoms with Crippen molar-refractivity contribution in [3.8, 4) is 0 Å². The molecule has 0 N–H and O–H groups in total. The van der Waals surface area contributed by atoms with Crippen molar-refractivity contribution in [2.24, 2.45) is 17.8 Å². The third-order valence-corrected chi connectivity index (χ3v) is 3.21. The molecule has 0 saturated carbocycles. The van der Waals surface area contributed by atoms with Crippen LogP contribution in [0.2, 0.25) is 0 Å². The zero-order valence-electron chi connectivity index (χ0n) is 12.5. The van der Waals surface area contributed by atoms with Gasteiger partial charge in [-0.05, 0) is 38.2 Å². The van der Waals surface area contributed by atoms with Crippen LogP contribution in [0.1, 0.15) is 34.1 Å². The van der Waals surface area contributed by atoms with Crippen molar-refractivity contribution in [1.29, 1.82) is 0 Å². The molecule has 0 aromatic rings. The largest absolute Gasteiger partial charge is 0.353 e. The fraction of sp³-hybridized carbons (Fsp3) is 0.688. The Kier molecular flexibility index (Phi) is 7.03. The van der Waals surface area contributed by atoms with Gasteiger partial charge in [0.1, 0.15) is 0 Å². The molecular formula is C16H26O3. The van der Waals surface area contributed by atoms with Gasteiger partial charge in [-0.15, -0.1) is 0 Å². The minimum absolute atomic E-state index is 0.0544. The van der Waals surface area contributed by atoms with E-state index in [1.165, 1.54) is 0 Å². The van der Waals surface area contributed by atoms with E-state index in [1.807, 2.05) is 26.0 Å². The number of rotatable bonds is 7. The SMILES string of the molecule is CCOC(C)OC[C@H]1CC=CC(=O)[C@H]1/C=C\C(C)C. The normalized spacial score (nSPS) is 25.4. The number of allylic oxidation sites excluding steroid dienone is 4. The molecule has 0 aromatic carbocycles. The van der Waals surface area contributed by atoms with Crippen LogP contribution in [-0.4, -0.2) is 25.3 Å². The van der Waals surface area contributed by atoms with E-state index in [2.05, 4.69) is 19.9 Å². The summed E-state index contributed by atoms with van der Waals surface area (Å²) in [5.41, 5.74) is 0. The minimum atomic E-state index is -0.208. The van der Waals surface area contributed by atoms with Crippen LogP contribution >= 0.6 is 0 Å².